The highest BCUT2D eigenvalue weighted by molar-refractivity contribution is 7.99. The molecular formula is C14H17N3O2S. The van der Waals surface area contributed by atoms with E-state index in [9.17, 15) is 4.79 Å². The number of hydrogen-bond donors (Lipinski definition) is 0. The maximum atomic E-state index is 11.5. The van der Waals surface area contributed by atoms with E-state index in [0.29, 0.717) is 17.1 Å². The van der Waals surface area contributed by atoms with E-state index in [1.807, 2.05) is 22.4 Å². The number of thioether (sulfide) groups is 1. The SMILES string of the molecule is COC(=O)c1ccn2c(CC3CCCSC3)nnc2c1. The summed E-state index contributed by atoms with van der Waals surface area (Å²) < 4.78 is 6.68. The van der Waals surface area contributed by atoms with E-state index in [2.05, 4.69) is 10.2 Å². The van der Waals surface area contributed by atoms with Crippen LogP contribution in [0.5, 0.6) is 0 Å². The molecule has 106 valence electrons. The summed E-state index contributed by atoms with van der Waals surface area (Å²) in [6.45, 7) is 0. The Morgan fingerprint density at radius 1 is 1.55 bits per heavy atom. The highest BCUT2D eigenvalue weighted by Gasteiger charge is 2.18. The fourth-order valence-corrected chi connectivity index (χ4v) is 3.71. The van der Waals surface area contributed by atoms with Crippen molar-refractivity contribution in [2.75, 3.05) is 18.6 Å². The van der Waals surface area contributed by atoms with E-state index in [1.165, 1.54) is 31.5 Å². The molecule has 1 saturated heterocycles. The molecule has 0 N–H and O–H groups in total. The molecule has 0 bridgehead atoms. The van der Waals surface area contributed by atoms with Crippen LogP contribution in [0.25, 0.3) is 5.65 Å². The smallest absolute Gasteiger partial charge is 0.338 e. The molecule has 1 atom stereocenters. The van der Waals surface area contributed by atoms with Crippen LogP contribution in [0.3, 0.4) is 0 Å². The monoisotopic (exact) mass is 291 g/mol. The summed E-state index contributed by atoms with van der Waals surface area (Å²) in [5, 5.41) is 8.43. The van der Waals surface area contributed by atoms with Crippen molar-refractivity contribution in [1.29, 1.82) is 0 Å². The Kier molecular flexibility index (Phi) is 3.91. The second-order valence-electron chi connectivity index (χ2n) is 5.04. The number of methoxy groups -OCH3 is 1. The van der Waals surface area contributed by atoms with Crippen LogP contribution in [0, 0.1) is 5.92 Å². The first-order valence-electron chi connectivity index (χ1n) is 6.77. The largest absolute Gasteiger partial charge is 0.465 e. The standard InChI is InChI=1S/C14H17N3O2S/c1-19-14(18)11-4-5-17-12(15-16-13(17)8-11)7-10-3-2-6-20-9-10/h4-5,8,10H,2-3,6-7,9H2,1H3. The summed E-state index contributed by atoms with van der Waals surface area (Å²) in [5.74, 6) is 3.79. The van der Waals surface area contributed by atoms with Gasteiger partial charge in [-0.3, -0.25) is 4.40 Å². The zero-order valence-corrected chi connectivity index (χ0v) is 12.2. The number of nitrogens with zero attached hydrogens (tertiary/aromatic N) is 3. The molecule has 0 radical (unpaired) electrons. The molecule has 2 aromatic rings. The molecule has 0 aliphatic carbocycles. The molecule has 20 heavy (non-hydrogen) atoms. The molecule has 1 aliphatic rings. The van der Waals surface area contributed by atoms with Crippen molar-refractivity contribution >= 4 is 23.4 Å². The van der Waals surface area contributed by atoms with Gasteiger partial charge in [-0.25, -0.2) is 4.79 Å². The van der Waals surface area contributed by atoms with Gasteiger partial charge in [-0.15, -0.1) is 10.2 Å². The molecule has 3 heterocycles. The molecule has 1 fully saturated rings. The number of esters is 1. The molecule has 0 aromatic carbocycles. The van der Waals surface area contributed by atoms with Gasteiger partial charge < -0.3 is 4.74 Å². The summed E-state index contributed by atoms with van der Waals surface area (Å²) in [6.07, 6.45) is 5.36. The molecule has 5 nitrogen and oxygen atoms in total. The third-order valence-corrected chi connectivity index (χ3v) is 4.91. The minimum Gasteiger partial charge on any atom is -0.465 e. The van der Waals surface area contributed by atoms with E-state index in [-0.39, 0.29) is 5.97 Å². The van der Waals surface area contributed by atoms with Crippen LogP contribution in [0.4, 0.5) is 0 Å². The van der Waals surface area contributed by atoms with E-state index >= 15 is 0 Å². The van der Waals surface area contributed by atoms with Gasteiger partial charge in [-0.2, -0.15) is 11.8 Å². The van der Waals surface area contributed by atoms with Gasteiger partial charge in [0, 0.05) is 12.6 Å². The molecule has 2 aromatic heterocycles. The third kappa shape index (κ3) is 2.65. The van der Waals surface area contributed by atoms with Gasteiger partial charge in [0.2, 0.25) is 0 Å². The average molecular weight is 291 g/mol. The second-order valence-corrected chi connectivity index (χ2v) is 6.19. The summed E-state index contributed by atoms with van der Waals surface area (Å²) in [6, 6.07) is 3.47. The summed E-state index contributed by atoms with van der Waals surface area (Å²) in [5.41, 5.74) is 1.21. The Balaban J connectivity index is 1.84. The van der Waals surface area contributed by atoms with Gasteiger partial charge >= 0.3 is 5.97 Å². The van der Waals surface area contributed by atoms with E-state index in [4.69, 9.17) is 4.74 Å². The lowest BCUT2D eigenvalue weighted by molar-refractivity contribution is 0.0600. The molecule has 0 spiro atoms. The predicted molar refractivity (Wildman–Crippen MR) is 78.1 cm³/mol. The molecular weight excluding hydrogens is 274 g/mol. The topological polar surface area (TPSA) is 56.5 Å². The van der Waals surface area contributed by atoms with Crippen molar-refractivity contribution in [2.45, 2.75) is 19.3 Å². The Hall–Kier alpha value is -1.56. The number of pyridine rings is 1. The summed E-state index contributed by atoms with van der Waals surface area (Å²) in [4.78, 5) is 11.5. The first kappa shape index (κ1) is 13.4. The Morgan fingerprint density at radius 3 is 3.20 bits per heavy atom. The lowest BCUT2D eigenvalue weighted by Crippen LogP contribution is -2.14. The predicted octanol–water partition coefficient (Wildman–Crippen LogP) is 2.20. The first-order valence-corrected chi connectivity index (χ1v) is 7.93. The zero-order chi connectivity index (χ0) is 13.9. The van der Waals surface area contributed by atoms with Crippen LogP contribution in [0.15, 0.2) is 18.3 Å². The van der Waals surface area contributed by atoms with Crippen LogP contribution >= 0.6 is 11.8 Å². The van der Waals surface area contributed by atoms with Crippen LogP contribution in [-0.4, -0.2) is 39.2 Å². The van der Waals surface area contributed by atoms with Gasteiger partial charge in [-0.1, -0.05) is 0 Å². The van der Waals surface area contributed by atoms with E-state index in [0.717, 1.165) is 12.2 Å². The Morgan fingerprint density at radius 2 is 2.45 bits per heavy atom. The van der Waals surface area contributed by atoms with Crippen LogP contribution in [0.2, 0.25) is 0 Å². The minimum absolute atomic E-state index is 0.347. The van der Waals surface area contributed by atoms with Gasteiger partial charge in [0.05, 0.1) is 12.7 Å². The fourth-order valence-electron chi connectivity index (χ4n) is 2.55. The van der Waals surface area contributed by atoms with Gasteiger partial charge in [0.15, 0.2) is 5.65 Å². The van der Waals surface area contributed by atoms with Gasteiger partial charge in [-0.05, 0) is 42.4 Å². The van der Waals surface area contributed by atoms with Crippen LogP contribution < -0.4 is 0 Å². The molecule has 1 aliphatic heterocycles. The van der Waals surface area contributed by atoms with E-state index in [1.54, 1.807) is 12.1 Å². The van der Waals surface area contributed by atoms with Crippen molar-refractivity contribution < 1.29 is 9.53 Å². The molecule has 1 unspecified atom stereocenters. The number of carbonyl (C=O) groups is 1. The quantitative estimate of drug-likeness (QED) is 0.811. The summed E-state index contributed by atoms with van der Waals surface area (Å²) in [7, 11) is 1.38. The molecule has 0 amide bonds. The van der Waals surface area contributed by atoms with Crippen molar-refractivity contribution in [1.82, 2.24) is 14.6 Å². The zero-order valence-electron chi connectivity index (χ0n) is 11.4. The maximum Gasteiger partial charge on any atom is 0.338 e. The van der Waals surface area contributed by atoms with Gasteiger partial charge in [0.25, 0.3) is 0 Å². The molecule has 0 saturated carbocycles. The van der Waals surface area contributed by atoms with Crippen molar-refractivity contribution in [2.24, 2.45) is 5.92 Å². The number of rotatable bonds is 3. The minimum atomic E-state index is -0.347. The maximum absolute atomic E-state index is 11.5. The highest BCUT2D eigenvalue weighted by Crippen LogP contribution is 2.25. The average Bonchev–Trinajstić information content (AvgIpc) is 2.90. The normalized spacial score (nSPS) is 19.1. The Bertz CT molecular complexity index is 620. The Labute approximate surface area is 121 Å². The van der Waals surface area contributed by atoms with Crippen molar-refractivity contribution in [3.63, 3.8) is 0 Å². The highest BCUT2D eigenvalue weighted by atomic mass is 32.2. The number of hydrogen-bond acceptors (Lipinski definition) is 5. The van der Waals surface area contributed by atoms with Crippen LogP contribution in [0.1, 0.15) is 29.0 Å². The van der Waals surface area contributed by atoms with Crippen molar-refractivity contribution in [3.8, 4) is 0 Å². The van der Waals surface area contributed by atoms with E-state index < -0.39 is 0 Å². The second kappa shape index (κ2) is 5.83. The number of aromatic nitrogens is 3. The third-order valence-electron chi connectivity index (χ3n) is 3.63. The number of ether oxygens (including phenoxy) is 1. The number of fused-ring (bicyclic) bond motifs is 1. The lowest BCUT2D eigenvalue weighted by atomic mass is 10.0. The lowest BCUT2D eigenvalue weighted by Gasteiger charge is -2.20. The van der Waals surface area contributed by atoms with Gasteiger partial charge in [0.1, 0.15) is 5.82 Å². The van der Waals surface area contributed by atoms with Crippen molar-refractivity contribution in [3.05, 3.63) is 29.7 Å². The number of carbonyl (C=O) groups excluding carboxylic acids is 1. The fraction of sp³-hybridized carbons (Fsp3) is 0.500. The van der Waals surface area contributed by atoms with Crippen LogP contribution in [-0.2, 0) is 11.2 Å². The first-order chi connectivity index (χ1) is 9.78. The molecule has 3 rings (SSSR count). The summed E-state index contributed by atoms with van der Waals surface area (Å²) >= 11 is 2.02. The molecule has 6 heteroatoms.